The van der Waals surface area contributed by atoms with E-state index in [-0.39, 0.29) is 17.5 Å². The maximum atomic E-state index is 13.7. The minimum absolute atomic E-state index is 0.137. The number of hydrogen-bond donors (Lipinski definition) is 1. The monoisotopic (exact) mass is 385 g/mol. The summed E-state index contributed by atoms with van der Waals surface area (Å²) < 4.78 is 28.5. The average Bonchev–Trinajstić information content (AvgIpc) is 3.26. The summed E-state index contributed by atoms with van der Waals surface area (Å²) in [6.07, 6.45) is 4.11. The predicted molar refractivity (Wildman–Crippen MR) is 96.9 cm³/mol. The third-order valence-electron chi connectivity index (χ3n) is 4.67. The Bertz CT molecular complexity index is 955. The van der Waals surface area contributed by atoms with Crippen molar-refractivity contribution < 1.29 is 13.6 Å². The first-order valence-corrected chi connectivity index (χ1v) is 8.80. The lowest BCUT2D eigenvalue weighted by Crippen LogP contribution is -2.38. The number of nitrogens with zero attached hydrogens (tertiary/aromatic N) is 6. The summed E-state index contributed by atoms with van der Waals surface area (Å²) in [4.78, 5) is 18.3. The van der Waals surface area contributed by atoms with Gasteiger partial charge >= 0.3 is 0 Å². The van der Waals surface area contributed by atoms with Crippen LogP contribution in [0.5, 0.6) is 0 Å². The summed E-state index contributed by atoms with van der Waals surface area (Å²) in [5, 5.41) is 14.8. The van der Waals surface area contributed by atoms with Gasteiger partial charge < -0.3 is 10.2 Å². The molecule has 28 heavy (non-hydrogen) atoms. The van der Waals surface area contributed by atoms with E-state index in [2.05, 4.69) is 25.6 Å². The van der Waals surface area contributed by atoms with Gasteiger partial charge in [-0.3, -0.25) is 4.79 Å². The van der Waals surface area contributed by atoms with Gasteiger partial charge in [-0.25, -0.2) is 18.4 Å². The fourth-order valence-electron chi connectivity index (χ4n) is 3.13. The summed E-state index contributed by atoms with van der Waals surface area (Å²) in [5.74, 6) is -0.570. The maximum absolute atomic E-state index is 13.7. The van der Waals surface area contributed by atoms with E-state index in [1.807, 2.05) is 11.0 Å². The quantitative estimate of drug-likeness (QED) is 0.741. The van der Waals surface area contributed by atoms with Gasteiger partial charge in [0.1, 0.15) is 24.3 Å². The van der Waals surface area contributed by atoms with Gasteiger partial charge in [0, 0.05) is 25.1 Å². The first-order chi connectivity index (χ1) is 13.6. The topological polar surface area (TPSA) is 88.8 Å². The van der Waals surface area contributed by atoms with Crippen LogP contribution in [0.2, 0.25) is 0 Å². The number of halogens is 2. The molecule has 1 aliphatic rings. The van der Waals surface area contributed by atoms with Crippen LogP contribution in [-0.2, 0) is 4.79 Å². The second-order valence-electron chi connectivity index (χ2n) is 6.46. The molecule has 3 heterocycles. The lowest BCUT2D eigenvalue weighted by molar-refractivity contribution is -0.120. The molecule has 0 unspecified atom stereocenters. The number of aromatic nitrogens is 5. The molecule has 1 saturated heterocycles. The zero-order valence-electron chi connectivity index (χ0n) is 14.8. The molecule has 1 N–H and O–H groups in total. The van der Waals surface area contributed by atoms with Crippen LogP contribution in [0.25, 0.3) is 5.82 Å². The molecule has 1 aliphatic heterocycles. The molecular weight excluding hydrogens is 368 g/mol. The highest BCUT2D eigenvalue weighted by atomic mass is 19.1. The highest BCUT2D eigenvalue weighted by molar-refractivity contribution is 5.92. The van der Waals surface area contributed by atoms with Gasteiger partial charge in [0.25, 0.3) is 0 Å². The highest BCUT2D eigenvalue weighted by Crippen LogP contribution is 2.24. The minimum Gasteiger partial charge on any atom is -0.355 e. The van der Waals surface area contributed by atoms with Crippen molar-refractivity contribution >= 4 is 17.4 Å². The van der Waals surface area contributed by atoms with Crippen LogP contribution in [0.1, 0.15) is 12.8 Å². The predicted octanol–water partition coefficient (Wildman–Crippen LogP) is 2.19. The minimum atomic E-state index is -0.657. The second kappa shape index (κ2) is 7.67. The van der Waals surface area contributed by atoms with E-state index in [0.717, 1.165) is 18.2 Å². The molecule has 0 atom stereocenters. The van der Waals surface area contributed by atoms with Gasteiger partial charge in [0.05, 0.1) is 5.69 Å². The van der Waals surface area contributed by atoms with Gasteiger partial charge in [-0.1, -0.05) is 0 Å². The standard InChI is InChI=1S/C18H17F2N7O/c19-13-1-2-14(20)15(9-13)23-18(28)12-5-7-26(8-6-12)16-3-4-17(25-24-16)27-11-21-10-22-27/h1-4,9-12H,5-8H2,(H,23,28). The van der Waals surface area contributed by atoms with Crippen molar-refractivity contribution in [3.8, 4) is 5.82 Å². The highest BCUT2D eigenvalue weighted by Gasteiger charge is 2.26. The number of benzene rings is 1. The number of amides is 1. The van der Waals surface area contributed by atoms with Crippen LogP contribution >= 0.6 is 0 Å². The molecule has 0 aliphatic carbocycles. The molecule has 0 radical (unpaired) electrons. The Hall–Kier alpha value is -3.43. The molecule has 0 bridgehead atoms. The van der Waals surface area contributed by atoms with Crippen LogP contribution < -0.4 is 10.2 Å². The number of anilines is 2. The Kier molecular flexibility index (Phi) is 4.92. The number of carbonyl (C=O) groups excluding carboxylic acids is 1. The van der Waals surface area contributed by atoms with Crippen molar-refractivity contribution in [3.63, 3.8) is 0 Å². The van der Waals surface area contributed by atoms with Crippen molar-refractivity contribution in [1.29, 1.82) is 0 Å². The van der Waals surface area contributed by atoms with Crippen LogP contribution in [-0.4, -0.2) is 44.0 Å². The van der Waals surface area contributed by atoms with Crippen LogP contribution in [0.3, 0.4) is 0 Å². The Morgan fingerprint density at radius 3 is 2.50 bits per heavy atom. The third kappa shape index (κ3) is 3.80. The Labute approximate surface area is 159 Å². The number of rotatable bonds is 4. The number of hydrogen-bond acceptors (Lipinski definition) is 6. The molecule has 2 aromatic heterocycles. The summed E-state index contributed by atoms with van der Waals surface area (Å²) >= 11 is 0. The van der Waals surface area contributed by atoms with Crippen molar-refractivity contribution in [2.75, 3.05) is 23.3 Å². The molecule has 1 fully saturated rings. The second-order valence-corrected chi connectivity index (χ2v) is 6.46. The van der Waals surface area contributed by atoms with E-state index in [9.17, 15) is 13.6 Å². The van der Waals surface area contributed by atoms with E-state index in [4.69, 9.17) is 0 Å². The molecule has 1 amide bonds. The molecule has 0 spiro atoms. The largest absolute Gasteiger partial charge is 0.355 e. The lowest BCUT2D eigenvalue weighted by Gasteiger charge is -2.31. The van der Waals surface area contributed by atoms with Crippen molar-refractivity contribution in [1.82, 2.24) is 25.0 Å². The third-order valence-corrected chi connectivity index (χ3v) is 4.67. The van der Waals surface area contributed by atoms with Crippen molar-refractivity contribution in [2.45, 2.75) is 12.8 Å². The molecule has 0 saturated carbocycles. The molecule has 144 valence electrons. The number of piperidine rings is 1. The number of carbonyl (C=O) groups is 1. The molecule has 8 nitrogen and oxygen atoms in total. The molecule has 4 rings (SSSR count). The molecule has 3 aromatic rings. The summed E-state index contributed by atoms with van der Waals surface area (Å²) in [7, 11) is 0. The molecule has 1 aromatic carbocycles. The SMILES string of the molecule is O=C(Nc1cc(F)ccc1F)C1CCN(c2ccc(-n3cncn3)nn2)CC1. The Morgan fingerprint density at radius 1 is 1.07 bits per heavy atom. The maximum Gasteiger partial charge on any atom is 0.227 e. The van der Waals surface area contributed by atoms with Crippen molar-refractivity contribution in [3.05, 3.63) is 54.6 Å². The fraction of sp³-hybridized carbons (Fsp3) is 0.278. The summed E-state index contributed by atoms with van der Waals surface area (Å²) in [5.41, 5.74) is -0.137. The first kappa shape index (κ1) is 18.0. The van der Waals surface area contributed by atoms with Gasteiger partial charge in [-0.2, -0.15) is 5.10 Å². The van der Waals surface area contributed by atoms with E-state index >= 15 is 0 Å². The molecule has 10 heteroatoms. The Morgan fingerprint density at radius 2 is 1.82 bits per heavy atom. The van der Waals surface area contributed by atoms with Gasteiger partial charge in [0.2, 0.25) is 5.91 Å². The van der Waals surface area contributed by atoms with E-state index in [0.29, 0.717) is 37.6 Å². The Balaban J connectivity index is 1.35. The van der Waals surface area contributed by atoms with E-state index in [1.54, 1.807) is 6.07 Å². The smallest absolute Gasteiger partial charge is 0.227 e. The average molecular weight is 385 g/mol. The van der Waals surface area contributed by atoms with Crippen LogP contribution in [0.4, 0.5) is 20.3 Å². The zero-order valence-corrected chi connectivity index (χ0v) is 14.8. The van der Waals surface area contributed by atoms with Gasteiger partial charge in [-0.15, -0.1) is 10.2 Å². The zero-order chi connectivity index (χ0) is 19.5. The normalized spacial score (nSPS) is 14.9. The van der Waals surface area contributed by atoms with Gasteiger partial charge in [-0.05, 0) is 37.1 Å². The van der Waals surface area contributed by atoms with Crippen LogP contribution in [0.15, 0.2) is 43.0 Å². The summed E-state index contributed by atoms with van der Waals surface area (Å²) in [6, 6.07) is 6.62. The van der Waals surface area contributed by atoms with Gasteiger partial charge in [0.15, 0.2) is 11.6 Å². The lowest BCUT2D eigenvalue weighted by atomic mass is 9.96. The number of nitrogens with one attached hydrogen (secondary N) is 1. The van der Waals surface area contributed by atoms with E-state index < -0.39 is 11.6 Å². The molecular formula is C18H17F2N7O. The van der Waals surface area contributed by atoms with E-state index in [1.165, 1.54) is 17.3 Å². The summed E-state index contributed by atoms with van der Waals surface area (Å²) in [6.45, 7) is 1.22. The van der Waals surface area contributed by atoms with Crippen molar-refractivity contribution in [2.24, 2.45) is 5.92 Å². The van der Waals surface area contributed by atoms with Crippen LogP contribution in [0, 0.1) is 17.6 Å². The fourth-order valence-corrected chi connectivity index (χ4v) is 3.13. The first-order valence-electron chi connectivity index (χ1n) is 8.80.